The lowest BCUT2D eigenvalue weighted by Crippen LogP contribution is -2.26. The van der Waals surface area contributed by atoms with Crippen LogP contribution in [0.15, 0.2) is 51.7 Å². The van der Waals surface area contributed by atoms with Gasteiger partial charge in [0.25, 0.3) is 0 Å². The van der Waals surface area contributed by atoms with Crippen LogP contribution >= 0.6 is 15.9 Å². The van der Waals surface area contributed by atoms with Crippen LogP contribution in [0, 0.1) is 5.92 Å². The highest BCUT2D eigenvalue weighted by atomic mass is 79.9. The number of rotatable bonds is 3. The third-order valence-electron chi connectivity index (χ3n) is 4.80. The van der Waals surface area contributed by atoms with Crippen molar-refractivity contribution in [1.29, 1.82) is 0 Å². The van der Waals surface area contributed by atoms with Crippen LogP contribution in [0.1, 0.15) is 36.5 Å². The van der Waals surface area contributed by atoms with E-state index in [-0.39, 0.29) is 11.8 Å². The van der Waals surface area contributed by atoms with Crippen molar-refractivity contribution >= 4 is 39.3 Å². The molecule has 0 spiro atoms. The van der Waals surface area contributed by atoms with E-state index >= 15 is 0 Å². The molecule has 0 bridgehead atoms. The molecule has 1 saturated carbocycles. The summed E-state index contributed by atoms with van der Waals surface area (Å²) in [6, 6.07) is 11.5. The van der Waals surface area contributed by atoms with E-state index in [4.69, 9.17) is 15.6 Å². The topological polar surface area (TPSA) is 67.9 Å². The summed E-state index contributed by atoms with van der Waals surface area (Å²) < 4.78 is 6.33. The molecule has 2 aromatic carbocycles. The molecular formula is C21H20BrN3O2. The number of halogens is 1. The van der Waals surface area contributed by atoms with Gasteiger partial charge in [-0.2, -0.15) is 5.10 Å². The summed E-state index contributed by atoms with van der Waals surface area (Å²) in [6.07, 6.45) is 3.86. The number of amides is 1. The fraction of sp³-hybridized carbons (Fsp3) is 0.238. The van der Waals surface area contributed by atoms with Crippen molar-refractivity contribution in [2.45, 2.75) is 19.8 Å². The predicted octanol–water partition coefficient (Wildman–Crippen LogP) is 4.41. The van der Waals surface area contributed by atoms with Crippen molar-refractivity contribution in [3.63, 3.8) is 0 Å². The molecule has 4 rings (SSSR count). The molecule has 6 heteroatoms. The monoisotopic (exact) mass is 425 g/mol. The van der Waals surface area contributed by atoms with E-state index in [9.17, 15) is 4.79 Å². The summed E-state index contributed by atoms with van der Waals surface area (Å²) in [5.41, 5.74) is 10.8. The highest BCUT2D eigenvalue weighted by molar-refractivity contribution is 9.10. The maximum Gasteiger partial charge on any atom is 0.250 e. The lowest BCUT2D eigenvalue weighted by Gasteiger charge is -2.18. The van der Waals surface area contributed by atoms with Crippen LogP contribution in [-0.2, 0) is 4.79 Å². The van der Waals surface area contributed by atoms with E-state index in [1.165, 1.54) is 0 Å². The Morgan fingerprint density at radius 2 is 1.96 bits per heavy atom. The third-order valence-corrected chi connectivity index (χ3v) is 5.42. The average Bonchev–Trinajstić information content (AvgIpc) is 3.49. The van der Waals surface area contributed by atoms with Crippen LogP contribution in [0.2, 0.25) is 0 Å². The highest BCUT2D eigenvalue weighted by Gasteiger charge is 2.35. The number of carbonyl (C=O) groups excluding carboxylic acids is 1. The Labute approximate surface area is 166 Å². The summed E-state index contributed by atoms with van der Waals surface area (Å²) in [6.45, 7) is 1.91. The number of carbonyl (C=O) groups is 1. The molecule has 1 amide bonds. The fourth-order valence-electron chi connectivity index (χ4n) is 3.15. The van der Waals surface area contributed by atoms with E-state index in [0.717, 1.165) is 45.4 Å². The van der Waals surface area contributed by atoms with E-state index in [0.29, 0.717) is 11.4 Å². The largest absolute Gasteiger partial charge is 0.496 e. The van der Waals surface area contributed by atoms with Crippen molar-refractivity contribution in [1.82, 2.24) is 5.01 Å². The standard InChI is InChI=1S/C21H20BrN3O2/c1-12-9-15-10-18(22)19(27-2)11-17(15)20(13-5-7-16(23)8-6-13)24-25(12)21(26)14-3-4-14/h5-11,14H,3-4,23H2,1-2H3. The van der Waals surface area contributed by atoms with Gasteiger partial charge in [-0.1, -0.05) is 12.1 Å². The number of hydrogen-bond donors (Lipinski definition) is 1. The molecule has 1 heterocycles. The summed E-state index contributed by atoms with van der Waals surface area (Å²) in [5, 5.41) is 6.33. The number of allylic oxidation sites excluding steroid dienone is 1. The van der Waals surface area contributed by atoms with Crippen molar-refractivity contribution < 1.29 is 9.53 Å². The Balaban J connectivity index is 1.93. The van der Waals surface area contributed by atoms with E-state index < -0.39 is 0 Å². The highest BCUT2D eigenvalue weighted by Crippen LogP contribution is 2.36. The summed E-state index contributed by atoms with van der Waals surface area (Å²) >= 11 is 3.55. The van der Waals surface area contributed by atoms with Gasteiger partial charge in [-0.3, -0.25) is 4.79 Å². The summed E-state index contributed by atoms with van der Waals surface area (Å²) in [4.78, 5) is 12.8. The zero-order valence-electron chi connectivity index (χ0n) is 15.2. The zero-order valence-corrected chi connectivity index (χ0v) is 16.8. The molecule has 5 nitrogen and oxygen atoms in total. The molecule has 0 unspecified atom stereocenters. The molecule has 1 aliphatic heterocycles. The maximum absolute atomic E-state index is 12.8. The molecule has 138 valence electrons. The van der Waals surface area contributed by atoms with Crippen molar-refractivity contribution in [3.05, 3.63) is 63.3 Å². The first-order chi connectivity index (χ1) is 13.0. The van der Waals surface area contributed by atoms with Gasteiger partial charge in [-0.15, -0.1) is 0 Å². The number of nitrogens with two attached hydrogens (primary N) is 1. The maximum atomic E-state index is 12.8. The Hall–Kier alpha value is -2.60. The van der Waals surface area contributed by atoms with Gasteiger partial charge in [0.2, 0.25) is 5.91 Å². The number of fused-ring (bicyclic) bond motifs is 1. The molecule has 1 fully saturated rings. The van der Waals surface area contributed by atoms with Crippen molar-refractivity contribution in [2.75, 3.05) is 12.8 Å². The smallest absolute Gasteiger partial charge is 0.250 e. The third kappa shape index (κ3) is 3.37. The number of anilines is 1. The van der Waals surface area contributed by atoms with Gasteiger partial charge >= 0.3 is 0 Å². The summed E-state index contributed by atoms with van der Waals surface area (Å²) in [7, 11) is 1.63. The predicted molar refractivity (Wildman–Crippen MR) is 110 cm³/mol. The van der Waals surface area contributed by atoms with Crippen LogP contribution in [0.5, 0.6) is 5.75 Å². The molecule has 2 aromatic rings. The Morgan fingerprint density at radius 1 is 1.26 bits per heavy atom. The lowest BCUT2D eigenvalue weighted by molar-refractivity contribution is -0.130. The molecule has 0 atom stereocenters. The second-order valence-corrected chi connectivity index (χ2v) is 7.71. The minimum absolute atomic E-state index is 0.0514. The van der Waals surface area contributed by atoms with Crippen LogP contribution in [0.4, 0.5) is 5.69 Å². The lowest BCUT2D eigenvalue weighted by atomic mass is 9.97. The quantitative estimate of drug-likeness (QED) is 0.740. The molecule has 2 N–H and O–H groups in total. The molecule has 2 aliphatic rings. The first kappa shape index (κ1) is 17.8. The Kier molecular flexibility index (Phi) is 4.52. The molecule has 27 heavy (non-hydrogen) atoms. The SMILES string of the molecule is COc1cc2c(cc1Br)C=C(C)N(C(=O)C1CC1)N=C2c1ccc(N)cc1. The van der Waals surface area contributed by atoms with Gasteiger partial charge in [-0.25, -0.2) is 5.01 Å². The van der Waals surface area contributed by atoms with Gasteiger partial charge in [0.05, 0.1) is 17.3 Å². The van der Waals surface area contributed by atoms with Crippen LogP contribution in [0.3, 0.4) is 0 Å². The zero-order chi connectivity index (χ0) is 19.1. The first-order valence-electron chi connectivity index (χ1n) is 8.82. The number of hydrogen-bond acceptors (Lipinski definition) is 4. The number of benzene rings is 2. The first-order valence-corrected chi connectivity index (χ1v) is 9.62. The average molecular weight is 426 g/mol. The summed E-state index contributed by atoms with van der Waals surface area (Å²) in [5.74, 6) is 0.840. The minimum Gasteiger partial charge on any atom is -0.496 e. The van der Waals surface area contributed by atoms with Crippen LogP contribution < -0.4 is 10.5 Å². The van der Waals surface area contributed by atoms with Gasteiger partial charge < -0.3 is 10.5 Å². The minimum atomic E-state index is 0.0514. The Morgan fingerprint density at radius 3 is 2.59 bits per heavy atom. The number of nitrogens with zero attached hydrogens (tertiary/aromatic N) is 2. The van der Waals surface area contributed by atoms with Crippen molar-refractivity contribution in [3.8, 4) is 5.75 Å². The van der Waals surface area contributed by atoms with E-state index in [1.807, 2.05) is 49.4 Å². The van der Waals surface area contributed by atoms with E-state index in [1.54, 1.807) is 12.1 Å². The number of methoxy groups -OCH3 is 1. The van der Waals surface area contributed by atoms with Crippen LogP contribution in [-0.4, -0.2) is 23.7 Å². The molecule has 0 radical (unpaired) electrons. The normalized spacial score (nSPS) is 16.2. The fourth-order valence-corrected chi connectivity index (χ4v) is 3.67. The van der Waals surface area contributed by atoms with Crippen LogP contribution in [0.25, 0.3) is 6.08 Å². The second-order valence-electron chi connectivity index (χ2n) is 6.85. The van der Waals surface area contributed by atoms with E-state index in [2.05, 4.69) is 15.9 Å². The van der Waals surface area contributed by atoms with Gasteiger partial charge in [0, 0.05) is 28.4 Å². The molecule has 0 saturated heterocycles. The molecular weight excluding hydrogens is 406 g/mol. The number of ether oxygens (including phenoxy) is 1. The van der Waals surface area contributed by atoms with Gasteiger partial charge in [0.15, 0.2) is 0 Å². The van der Waals surface area contributed by atoms with Gasteiger partial charge in [0.1, 0.15) is 5.75 Å². The van der Waals surface area contributed by atoms with Gasteiger partial charge in [-0.05, 0) is 71.6 Å². The number of hydrazone groups is 1. The Bertz CT molecular complexity index is 976. The second kappa shape index (κ2) is 6.85. The molecule has 0 aromatic heterocycles. The molecule has 1 aliphatic carbocycles. The van der Waals surface area contributed by atoms with Crippen molar-refractivity contribution in [2.24, 2.45) is 11.0 Å². The number of nitrogen functional groups attached to an aromatic ring is 1.